The molecule has 19 heavy (non-hydrogen) atoms. The molecule has 0 aliphatic carbocycles. The maximum absolute atomic E-state index is 11.6. The van der Waals surface area contributed by atoms with E-state index in [2.05, 4.69) is 5.32 Å². The zero-order chi connectivity index (χ0) is 14.3. The van der Waals surface area contributed by atoms with Crippen LogP contribution >= 0.6 is 0 Å². The molecule has 1 aromatic carbocycles. The first-order valence-electron chi connectivity index (χ1n) is 6.53. The highest BCUT2D eigenvalue weighted by molar-refractivity contribution is 5.91. The standard InChI is InChI=1S/C15H22N2O2/c1-3-15(19,4-2)11-17-14(18)9-8-12-6-5-7-13(16)10-12/h5-10,19H,3-4,11,16H2,1-2H3,(H,17,18)/b9-8+. The van der Waals surface area contributed by atoms with Crippen LogP contribution in [0.15, 0.2) is 30.3 Å². The molecule has 0 heterocycles. The van der Waals surface area contributed by atoms with E-state index in [1.54, 1.807) is 18.2 Å². The van der Waals surface area contributed by atoms with Crippen LogP contribution in [0.4, 0.5) is 5.69 Å². The monoisotopic (exact) mass is 262 g/mol. The smallest absolute Gasteiger partial charge is 0.244 e. The molecule has 0 fully saturated rings. The minimum Gasteiger partial charge on any atom is -0.399 e. The van der Waals surface area contributed by atoms with Crippen molar-refractivity contribution < 1.29 is 9.90 Å². The first kappa shape index (κ1) is 15.2. The van der Waals surface area contributed by atoms with Crippen LogP contribution in [0.1, 0.15) is 32.3 Å². The van der Waals surface area contributed by atoms with Gasteiger partial charge in [-0.2, -0.15) is 0 Å². The summed E-state index contributed by atoms with van der Waals surface area (Å²) in [5, 5.41) is 12.7. The Morgan fingerprint density at radius 3 is 2.68 bits per heavy atom. The van der Waals surface area contributed by atoms with Crippen LogP contribution < -0.4 is 11.1 Å². The molecule has 1 aromatic rings. The second-order valence-corrected chi connectivity index (χ2v) is 4.65. The van der Waals surface area contributed by atoms with Gasteiger partial charge in [-0.25, -0.2) is 0 Å². The summed E-state index contributed by atoms with van der Waals surface area (Å²) in [6.07, 6.45) is 4.37. The molecule has 0 spiro atoms. The number of carbonyl (C=O) groups is 1. The maximum Gasteiger partial charge on any atom is 0.244 e. The Bertz CT molecular complexity index is 451. The fourth-order valence-electron chi connectivity index (χ4n) is 1.65. The Morgan fingerprint density at radius 1 is 1.42 bits per heavy atom. The molecule has 4 N–H and O–H groups in total. The van der Waals surface area contributed by atoms with E-state index < -0.39 is 5.60 Å². The number of benzene rings is 1. The van der Waals surface area contributed by atoms with Crippen molar-refractivity contribution in [3.05, 3.63) is 35.9 Å². The molecule has 0 aliphatic rings. The number of amides is 1. The second-order valence-electron chi connectivity index (χ2n) is 4.65. The van der Waals surface area contributed by atoms with Crippen molar-refractivity contribution >= 4 is 17.7 Å². The number of nitrogen functional groups attached to an aromatic ring is 1. The highest BCUT2D eigenvalue weighted by Gasteiger charge is 2.22. The van der Waals surface area contributed by atoms with E-state index in [4.69, 9.17) is 5.73 Å². The summed E-state index contributed by atoms with van der Waals surface area (Å²) in [6, 6.07) is 7.28. The van der Waals surface area contributed by atoms with E-state index in [0.717, 1.165) is 5.56 Å². The lowest BCUT2D eigenvalue weighted by Gasteiger charge is -2.24. The molecule has 1 amide bonds. The van der Waals surface area contributed by atoms with E-state index >= 15 is 0 Å². The molecule has 4 nitrogen and oxygen atoms in total. The second kappa shape index (κ2) is 6.95. The Kier molecular flexibility index (Phi) is 5.57. The molecule has 0 aromatic heterocycles. The van der Waals surface area contributed by atoms with Gasteiger partial charge >= 0.3 is 0 Å². The lowest BCUT2D eigenvalue weighted by atomic mass is 9.98. The van der Waals surface area contributed by atoms with Gasteiger partial charge in [0.05, 0.1) is 5.60 Å². The molecule has 104 valence electrons. The number of nitrogens with two attached hydrogens (primary N) is 1. The topological polar surface area (TPSA) is 75.3 Å². The van der Waals surface area contributed by atoms with Gasteiger partial charge in [-0.15, -0.1) is 0 Å². The number of rotatable bonds is 6. The summed E-state index contributed by atoms with van der Waals surface area (Å²) in [7, 11) is 0. The Hall–Kier alpha value is -1.81. The molecule has 0 saturated carbocycles. The zero-order valence-corrected chi connectivity index (χ0v) is 11.5. The van der Waals surface area contributed by atoms with Crippen LogP contribution in [0.3, 0.4) is 0 Å². The summed E-state index contributed by atoms with van der Waals surface area (Å²) >= 11 is 0. The molecular weight excluding hydrogens is 240 g/mol. The summed E-state index contributed by atoms with van der Waals surface area (Å²) < 4.78 is 0. The van der Waals surface area contributed by atoms with Crippen molar-refractivity contribution in [1.29, 1.82) is 0 Å². The van der Waals surface area contributed by atoms with Crippen molar-refractivity contribution in [2.24, 2.45) is 0 Å². The van der Waals surface area contributed by atoms with E-state index in [1.165, 1.54) is 6.08 Å². The van der Waals surface area contributed by atoms with Crippen molar-refractivity contribution in [2.75, 3.05) is 12.3 Å². The average Bonchev–Trinajstić information content (AvgIpc) is 2.42. The lowest BCUT2D eigenvalue weighted by Crippen LogP contribution is -2.41. The van der Waals surface area contributed by atoms with Crippen LogP contribution in [-0.4, -0.2) is 23.2 Å². The zero-order valence-electron chi connectivity index (χ0n) is 11.5. The summed E-state index contributed by atoms with van der Waals surface area (Å²) in [6.45, 7) is 4.07. The minimum absolute atomic E-state index is 0.220. The number of nitrogens with one attached hydrogen (secondary N) is 1. The van der Waals surface area contributed by atoms with Gasteiger partial charge in [0.1, 0.15) is 0 Å². The number of aliphatic hydroxyl groups is 1. The van der Waals surface area contributed by atoms with Gasteiger partial charge in [0.25, 0.3) is 0 Å². The predicted molar refractivity (Wildman–Crippen MR) is 78.4 cm³/mol. The number of hydrogen-bond acceptors (Lipinski definition) is 3. The van der Waals surface area contributed by atoms with Crippen LogP contribution in [0.5, 0.6) is 0 Å². The number of anilines is 1. The van der Waals surface area contributed by atoms with Gasteiger partial charge < -0.3 is 16.2 Å². The molecule has 0 radical (unpaired) electrons. The summed E-state index contributed by atoms with van der Waals surface area (Å²) in [5.41, 5.74) is 6.36. The van der Waals surface area contributed by atoms with E-state index in [0.29, 0.717) is 18.5 Å². The first-order chi connectivity index (χ1) is 8.99. The van der Waals surface area contributed by atoms with Crippen LogP contribution in [0.25, 0.3) is 6.08 Å². The maximum atomic E-state index is 11.6. The molecule has 0 atom stereocenters. The normalized spacial score (nSPS) is 11.7. The fraction of sp³-hybridized carbons (Fsp3) is 0.400. The van der Waals surface area contributed by atoms with Gasteiger partial charge in [0.15, 0.2) is 0 Å². The quantitative estimate of drug-likeness (QED) is 0.542. The Morgan fingerprint density at radius 2 is 2.11 bits per heavy atom. The molecule has 4 heteroatoms. The Labute approximate surface area is 114 Å². The number of hydrogen-bond donors (Lipinski definition) is 3. The highest BCUT2D eigenvalue weighted by atomic mass is 16.3. The highest BCUT2D eigenvalue weighted by Crippen LogP contribution is 2.13. The van der Waals surface area contributed by atoms with Crippen LogP contribution in [0, 0.1) is 0 Å². The third kappa shape index (κ3) is 5.14. The lowest BCUT2D eigenvalue weighted by molar-refractivity contribution is -0.117. The molecule has 0 saturated heterocycles. The minimum atomic E-state index is -0.819. The molecule has 0 unspecified atom stereocenters. The van der Waals surface area contributed by atoms with Gasteiger partial charge in [0, 0.05) is 18.3 Å². The third-order valence-electron chi connectivity index (χ3n) is 3.25. The van der Waals surface area contributed by atoms with Gasteiger partial charge in [-0.1, -0.05) is 26.0 Å². The van der Waals surface area contributed by atoms with Crippen molar-refractivity contribution in [3.63, 3.8) is 0 Å². The van der Waals surface area contributed by atoms with E-state index in [-0.39, 0.29) is 12.5 Å². The van der Waals surface area contributed by atoms with Crippen molar-refractivity contribution in [1.82, 2.24) is 5.32 Å². The summed E-state index contributed by atoms with van der Waals surface area (Å²) in [5.74, 6) is -0.220. The molecule has 0 bridgehead atoms. The molecule has 1 rings (SSSR count). The Balaban J connectivity index is 2.52. The first-order valence-corrected chi connectivity index (χ1v) is 6.53. The van der Waals surface area contributed by atoms with Crippen molar-refractivity contribution in [3.8, 4) is 0 Å². The van der Waals surface area contributed by atoms with E-state index in [1.807, 2.05) is 26.0 Å². The molecular formula is C15H22N2O2. The summed E-state index contributed by atoms with van der Waals surface area (Å²) in [4.78, 5) is 11.6. The van der Waals surface area contributed by atoms with Crippen molar-refractivity contribution in [2.45, 2.75) is 32.3 Å². The van der Waals surface area contributed by atoms with Crippen LogP contribution in [-0.2, 0) is 4.79 Å². The molecule has 0 aliphatic heterocycles. The largest absolute Gasteiger partial charge is 0.399 e. The SMILES string of the molecule is CCC(O)(CC)CNC(=O)/C=C/c1cccc(N)c1. The predicted octanol–water partition coefficient (Wildman–Crippen LogP) is 1.95. The fourth-order valence-corrected chi connectivity index (χ4v) is 1.65. The number of carbonyl (C=O) groups excluding carboxylic acids is 1. The third-order valence-corrected chi connectivity index (χ3v) is 3.25. The van der Waals surface area contributed by atoms with Gasteiger partial charge in [0.2, 0.25) is 5.91 Å². The van der Waals surface area contributed by atoms with Crippen LogP contribution in [0.2, 0.25) is 0 Å². The van der Waals surface area contributed by atoms with Gasteiger partial charge in [-0.05, 0) is 36.6 Å². The van der Waals surface area contributed by atoms with Gasteiger partial charge in [-0.3, -0.25) is 4.79 Å². The average molecular weight is 262 g/mol. The van der Waals surface area contributed by atoms with E-state index in [9.17, 15) is 9.90 Å².